The van der Waals surface area contributed by atoms with Crippen molar-refractivity contribution in [2.75, 3.05) is 6.54 Å². The number of Topliss-reactive ketones (excluding diaryl/α,β-unsaturated/α-hetero) is 1. The summed E-state index contributed by atoms with van der Waals surface area (Å²) in [5.41, 5.74) is 5.19. The van der Waals surface area contributed by atoms with Gasteiger partial charge in [-0.25, -0.2) is 0 Å². The number of nitrogens with zero attached hydrogens (tertiary/aromatic N) is 2. The van der Waals surface area contributed by atoms with Gasteiger partial charge in [0.25, 0.3) is 0 Å². The summed E-state index contributed by atoms with van der Waals surface area (Å²) in [6, 6.07) is 6.23. The molecule has 92 valence electrons. The smallest absolute Gasteiger partial charge is 0.136 e. The van der Waals surface area contributed by atoms with E-state index >= 15 is 0 Å². The number of hydrogen-bond acceptors (Lipinski definition) is 3. The lowest BCUT2D eigenvalue weighted by Gasteiger charge is -2.36. The van der Waals surface area contributed by atoms with Crippen LogP contribution in [0.15, 0.2) is 42.3 Å². The Bertz CT molecular complexity index is 517. The maximum absolute atomic E-state index is 11.9. The lowest BCUT2D eigenvalue weighted by atomic mass is 9.91. The van der Waals surface area contributed by atoms with Crippen LogP contribution in [0, 0.1) is 0 Å². The fourth-order valence-electron chi connectivity index (χ4n) is 3.07. The van der Waals surface area contributed by atoms with Gasteiger partial charge in [-0.2, -0.15) is 0 Å². The van der Waals surface area contributed by atoms with Crippen molar-refractivity contribution in [1.82, 2.24) is 9.88 Å². The fraction of sp³-hybridized carbons (Fsp3) is 0.400. The molecule has 3 heterocycles. The minimum Gasteiger partial charge on any atom is -0.300 e. The lowest BCUT2D eigenvalue weighted by molar-refractivity contribution is -0.124. The summed E-state index contributed by atoms with van der Waals surface area (Å²) in [6.07, 6.45) is 3.97. The number of fused-ring (bicyclic) bond motifs is 1. The molecule has 2 fully saturated rings. The lowest BCUT2D eigenvalue weighted by Crippen LogP contribution is -2.41. The summed E-state index contributed by atoms with van der Waals surface area (Å²) in [7, 11) is 0. The topological polar surface area (TPSA) is 33.2 Å². The van der Waals surface area contributed by atoms with Crippen molar-refractivity contribution >= 4 is 5.78 Å². The van der Waals surface area contributed by atoms with E-state index in [-0.39, 0.29) is 12.1 Å². The van der Waals surface area contributed by atoms with Gasteiger partial charge in [-0.05, 0) is 24.1 Å². The molecule has 2 aliphatic rings. The van der Waals surface area contributed by atoms with Gasteiger partial charge in [0.15, 0.2) is 0 Å². The zero-order chi connectivity index (χ0) is 12.5. The monoisotopic (exact) mass is 240 g/mol. The first-order valence-electron chi connectivity index (χ1n) is 6.37. The normalized spacial score (nSPS) is 28.0. The first-order valence-corrected chi connectivity index (χ1v) is 6.37. The van der Waals surface area contributed by atoms with Gasteiger partial charge in [0, 0.05) is 31.6 Å². The molecule has 3 nitrogen and oxygen atoms in total. The molecule has 3 rings (SSSR count). The molecule has 0 radical (unpaired) electrons. The number of rotatable bonds is 1. The van der Waals surface area contributed by atoms with Gasteiger partial charge < -0.3 is 0 Å². The molecule has 0 amide bonds. The molecule has 2 saturated heterocycles. The summed E-state index contributed by atoms with van der Waals surface area (Å²) >= 11 is 0. The second-order valence-corrected chi connectivity index (χ2v) is 4.92. The first kappa shape index (κ1) is 11.4. The quantitative estimate of drug-likeness (QED) is 0.706. The molecule has 1 aromatic heterocycles. The van der Waals surface area contributed by atoms with Crippen molar-refractivity contribution < 1.29 is 4.79 Å². The van der Waals surface area contributed by atoms with Crippen LogP contribution in [-0.2, 0) is 4.79 Å². The summed E-state index contributed by atoms with van der Waals surface area (Å²) in [5, 5.41) is 0. The number of carbonyl (C=O) groups excluding carboxylic acids is 1. The van der Waals surface area contributed by atoms with Crippen LogP contribution in [0.25, 0.3) is 0 Å². The van der Waals surface area contributed by atoms with Crippen molar-refractivity contribution in [2.45, 2.75) is 31.3 Å². The van der Waals surface area contributed by atoms with Crippen molar-refractivity contribution in [3.63, 3.8) is 0 Å². The zero-order valence-corrected chi connectivity index (χ0v) is 10.3. The van der Waals surface area contributed by atoms with Crippen LogP contribution in [0.5, 0.6) is 0 Å². The highest BCUT2D eigenvalue weighted by Crippen LogP contribution is 2.39. The standard InChI is InChI=1S/C15H16N2O/c1-2-11-6-8-17-14(11)9-12(18)10-15(17)13-5-3-4-7-16-13/h3-5,7,14-15H,1,6,8-10H2/t14-,15-/m1/s1. The van der Waals surface area contributed by atoms with Crippen LogP contribution in [0.2, 0.25) is 0 Å². The fourth-order valence-corrected chi connectivity index (χ4v) is 3.07. The van der Waals surface area contributed by atoms with E-state index in [2.05, 4.69) is 22.2 Å². The molecular formula is C15H16N2O. The van der Waals surface area contributed by atoms with E-state index in [9.17, 15) is 4.79 Å². The van der Waals surface area contributed by atoms with Gasteiger partial charge in [0.1, 0.15) is 5.78 Å². The number of piperidine rings is 1. The van der Waals surface area contributed by atoms with E-state index in [0.717, 1.165) is 18.7 Å². The molecule has 0 saturated carbocycles. The number of aromatic nitrogens is 1. The first-order chi connectivity index (χ1) is 8.79. The van der Waals surface area contributed by atoms with Crippen LogP contribution >= 0.6 is 0 Å². The predicted molar refractivity (Wildman–Crippen MR) is 69.0 cm³/mol. The Kier molecular flexibility index (Phi) is 2.86. The van der Waals surface area contributed by atoms with Gasteiger partial charge in [-0.15, -0.1) is 5.73 Å². The van der Waals surface area contributed by atoms with E-state index in [1.807, 2.05) is 18.2 Å². The minimum atomic E-state index is 0.128. The summed E-state index contributed by atoms with van der Waals surface area (Å²) in [6.45, 7) is 4.72. The molecule has 0 aromatic carbocycles. The number of ketones is 1. The Morgan fingerprint density at radius 2 is 2.17 bits per heavy atom. The Morgan fingerprint density at radius 3 is 2.89 bits per heavy atom. The molecule has 2 aliphatic heterocycles. The summed E-state index contributed by atoms with van der Waals surface area (Å²) < 4.78 is 0. The van der Waals surface area contributed by atoms with Gasteiger partial charge in [-0.3, -0.25) is 14.7 Å². The minimum absolute atomic E-state index is 0.128. The molecule has 0 aliphatic carbocycles. The number of pyridine rings is 1. The zero-order valence-electron chi connectivity index (χ0n) is 10.3. The Labute approximate surface area is 107 Å². The second kappa shape index (κ2) is 4.52. The average molecular weight is 240 g/mol. The Morgan fingerprint density at radius 1 is 1.33 bits per heavy atom. The van der Waals surface area contributed by atoms with Crippen molar-refractivity contribution in [3.05, 3.63) is 48.0 Å². The van der Waals surface area contributed by atoms with Crippen LogP contribution < -0.4 is 0 Å². The predicted octanol–water partition coefficient (Wildman–Crippen LogP) is 2.27. The van der Waals surface area contributed by atoms with Crippen LogP contribution in [0.3, 0.4) is 0 Å². The molecule has 0 unspecified atom stereocenters. The molecule has 2 atom stereocenters. The third-order valence-electron chi connectivity index (χ3n) is 3.94. The van der Waals surface area contributed by atoms with E-state index < -0.39 is 0 Å². The van der Waals surface area contributed by atoms with Crippen molar-refractivity contribution in [2.24, 2.45) is 0 Å². The SMILES string of the molecule is C=C=C1CCN2[C@@H]1CC(=O)C[C@@H]2c1ccccn1. The Balaban J connectivity index is 1.96. The van der Waals surface area contributed by atoms with E-state index in [0.29, 0.717) is 18.6 Å². The van der Waals surface area contributed by atoms with Crippen molar-refractivity contribution in [3.8, 4) is 0 Å². The van der Waals surface area contributed by atoms with E-state index in [1.54, 1.807) is 6.20 Å². The van der Waals surface area contributed by atoms with Crippen molar-refractivity contribution in [1.29, 1.82) is 0 Å². The summed E-state index contributed by atoms with van der Waals surface area (Å²) in [5.74, 6) is 0.321. The molecular weight excluding hydrogens is 224 g/mol. The number of hydrogen-bond donors (Lipinski definition) is 0. The largest absolute Gasteiger partial charge is 0.300 e. The third kappa shape index (κ3) is 1.82. The molecule has 0 spiro atoms. The van der Waals surface area contributed by atoms with Gasteiger partial charge >= 0.3 is 0 Å². The highest BCUT2D eigenvalue weighted by Gasteiger charge is 2.41. The molecule has 0 N–H and O–H groups in total. The van der Waals surface area contributed by atoms with Gasteiger partial charge in [-0.1, -0.05) is 12.6 Å². The van der Waals surface area contributed by atoms with Gasteiger partial charge in [0.2, 0.25) is 0 Å². The maximum Gasteiger partial charge on any atom is 0.136 e. The highest BCUT2D eigenvalue weighted by atomic mass is 16.1. The average Bonchev–Trinajstić information content (AvgIpc) is 2.81. The summed E-state index contributed by atoms with van der Waals surface area (Å²) in [4.78, 5) is 18.7. The number of carbonyl (C=O) groups is 1. The van der Waals surface area contributed by atoms with E-state index in [1.165, 1.54) is 5.57 Å². The molecule has 0 bridgehead atoms. The molecule has 3 heteroatoms. The second-order valence-electron chi connectivity index (χ2n) is 4.92. The van der Waals surface area contributed by atoms with E-state index in [4.69, 9.17) is 0 Å². The maximum atomic E-state index is 11.9. The molecule has 1 aromatic rings. The Hall–Kier alpha value is -1.70. The highest BCUT2D eigenvalue weighted by molar-refractivity contribution is 5.81. The van der Waals surface area contributed by atoms with Gasteiger partial charge in [0.05, 0.1) is 11.7 Å². The van der Waals surface area contributed by atoms with Crippen LogP contribution in [0.4, 0.5) is 0 Å². The van der Waals surface area contributed by atoms with Crippen LogP contribution in [0.1, 0.15) is 31.0 Å². The van der Waals surface area contributed by atoms with Crippen LogP contribution in [-0.4, -0.2) is 28.3 Å². The molecule has 18 heavy (non-hydrogen) atoms. The third-order valence-corrected chi connectivity index (χ3v) is 3.94.